The Labute approximate surface area is 168 Å². The van der Waals surface area contributed by atoms with Crippen LogP contribution < -0.4 is 16.1 Å². The number of nitrogens with zero attached hydrogens (tertiary/aromatic N) is 2. The van der Waals surface area contributed by atoms with Crippen LogP contribution >= 0.6 is 0 Å². The molecule has 3 aromatic rings. The van der Waals surface area contributed by atoms with Gasteiger partial charge in [-0.1, -0.05) is 36.4 Å². The highest BCUT2D eigenvalue weighted by Crippen LogP contribution is 2.24. The largest absolute Gasteiger partial charge is 0.368 e. The number of primary amides is 1. The van der Waals surface area contributed by atoms with E-state index in [9.17, 15) is 9.59 Å². The number of amides is 2. The number of anilines is 1. The molecule has 0 saturated heterocycles. The number of fused-ring (bicyclic) bond motifs is 1. The maximum absolute atomic E-state index is 12.5. The summed E-state index contributed by atoms with van der Waals surface area (Å²) in [6, 6.07) is 16.8. The molecule has 2 heterocycles. The van der Waals surface area contributed by atoms with Crippen LogP contribution in [0.2, 0.25) is 0 Å². The standard InChI is InChI=1S/C22H23N5O2/c23-21(28)20-13-19(26-27(20)16-8-2-1-3-9-16)22(29)24-12-6-7-15-14-25-18-11-5-4-10-17(15)18/h1-5,8-11,14,20,25H,6-7,12-13H2,(H2,23,28)(H,24,29). The third-order valence-corrected chi connectivity index (χ3v) is 5.10. The van der Waals surface area contributed by atoms with E-state index >= 15 is 0 Å². The number of benzene rings is 2. The van der Waals surface area contributed by atoms with Crippen LogP contribution in [0, 0.1) is 0 Å². The van der Waals surface area contributed by atoms with E-state index in [4.69, 9.17) is 5.73 Å². The number of aromatic nitrogens is 1. The molecule has 1 aliphatic heterocycles. The van der Waals surface area contributed by atoms with Gasteiger partial charge in [-0.15, -0.1) is 0 Å². The Bertz CT molecular complexity index is 1060. The van der Waals surface area contributed by atoms with Crippen LogP contribution in [0.1, 0.15) is 18.4 Å². The average molecular weight is 389 g/mol. The van der Waals surface area contributed by atoms with Gasteiger partial charge in [0.15, 0.2) is 0 Å². The lowest BCUT2D eigenvalue weighted by atomic mass is 10.1. The van der Waals surface area contributed by atoms with Gasteiger partial charge in [-0.25, -0.2) is 0 Å². The first-order valence-corrected chi connectivity index (χ1v) is 9.68. The van der Waals surface area contributed by atoms with Crippen molar-refractivity contribution in [1.29, 1.82) is 0 Å². The molecule has 4 N–H and O–H groups in total. The predicted octanol–water partition coefficient (Wildman–Crippen LogP) is 2.34. The van der Waals surface area contributed by atoms with Crippen molar-refractivity contribution in [2.75, 3.05) is 11.6 Å². The molecule has 4 rings (SSSR count). The summed E-state index contributed by atoms with van der Waals surface area (Å²) >= 11 is 0. The summed E-state index contributed by atoms with van der Waals surface area (Å²) in [6.45, 7) is 0.532. The van der Waals surface area contributed by atoms with Crippen LogP contribution in [-0.2, 0) is 16.0 Å². The highest BCUT2D eigenvalue weighted by Gasteiger charge is 2.34. The number of nitrogens with one attached hydrogen (secondary N) is 2. The number of nitrogens with two attached hydrogens (primary N) is 1. The van der Waals surface area contributed by atoms with Gasteiger partial charge >= 0.3 is 0 Å². The Kier molecular flexibility index (Phi) is 5.29. The first kappa shape index (κ1) is 18.7. The minimum Gasteiger partial charge on any atom is -0.368 e. The van der Waals surface area contributed by atoms with Crippen LogP contribution in [0.3, 0.4) is 0 Å². The fraction of sp³-hybridized carbons (Fsp3) is 0.227. The quantitative estimate of drug-likeness (QED) is 0.540. The van der Waals surface area contributed by atoms with Crippen molar-refractivity contribution >= 4 is 34.1 Å². The van der Waals surface area contributed by atoms with Crippen molar-refractivity contribution in [2.45, 2.75) is 25.3 Å². The molecule has 7 nitrogen and oxygen atoms in total. The Morgan fingerprint density at radius 1 is 1.14 bits per heavy atom. The first-order chi connectivity index (χ1) is 14.1. The van der Waals surface area contributed by atoms with Gasteiger partial charge in [0.2, 0.25) is 5.91 Å². The molecule has 0 aliphatic carbocycles. The second-order valence-electron chi connectivity index (χ2n) is 7.07. The van der Waals surface area contributed by atoms with Crippen LogP contribution in [0.15, 0.2) is 65.9 Å². The van der Waals surface area contributed by atoms with Gasteiger partial charge in [0.05, 0.1) is 5.69 Å². The number of hydrogen-bond acceptors (Lipinski definition) is 4. The van der Waals surface area contributed by atoms with Gasteiger partial charge in [-0.05, 0) is 36.6 Å². The van der Waals surface area contributed by atoms with Crippen LogP contribution in [0.5, 0.6) is 0 Å². The molecule has 7 heteroatoms. The van der Waals surface area contributed by atoms with Crippen LogP contribution in [-0.4, -0.2) is 35.1 Å². The number of para-hydroxylation sites is 2. The summed E-state index contributed by atoms with van der Waals surface area (Å²) in [4.78, 5) is 27.6. The first-order valence-electron chi connectivity index (χ1n) is 9.68. The third-order valence-electron chi connectivity index (χ3n) is 5.10. The summed E-state index contributed by atoms with van der Waals surface area (Å²) in [5.41, 5.74) is 8.93. The molecule has 2 aromatic carbocycles. The fourth-order valence-corrected chi connectivity index (χ4v) is 3.61. The summed E-state index contributed by atoms with van der Waals surface area (Å²) < 4.78 is 0. The van der Waals surface area contributed by atoms with Gasteiger partial charge in [0.1, 0.15) is 11.8 Å². The van der Waals surface area contributed by atoms with E-state index < -0.39 is 11.9 Å². The fourth-order valence-electron chi connectivity index (χ4n) is 3.61. The SMILES string of the molecule is NC(=O)C1CC(C(=O)NCCCc2c[nH]c3ccccc23)=NN1c1ccccc1. The number of hydrazone groups is 1. The zero-order chi connectivity index (χ0) is 20.2. The van der Waals surface area contributed by atoms with Gasteiger partial charge in [-0.2, -0.15) is 5.10 Å². The molecule has 1 aliphatic rings. The van der Waals surface area contributed by atoms with Crippen LogP contribution in [0.25, 0.3) is 10.9 Å². The van der Waals surface area contributed by atoms with E-state index in [1.54, 1.807) is 0 Å². The van der Waals surface area contributed by atoms with Crippen molar-refractivity contribution in [2.24, 2.45) is 10.8 Å². The molecule has 0 spiro atoms. The molecule has 1 unspecified atom stereocenters. The molecule has 0 fully saturated rings. The molecule has 1 atom stereocenters. The molecule has 2 amide bonds. The van der Waals surface area contributed by atoms with E-state index in [-0.39, 0.29) is 12.3 Å². The summed E-state index contributed by atoms with van der Waals surface area (Å²) in [5, 5.41) is 10.0. The van der Waals surface area contributed by atoms with Gasteiger partial charge in [0.25, 0.3) is 5.91 Å². The predicted molar refractivity (Wildman–Crippen MR) is 114 cm³/mol. The zero-order valence-corrected chi connectivity index (χ0v) is 16.0. The maximum atomic E-state index is 12.5. The van der Waals surface area contributed by atoms with Crippen molar-refractivity contribution in [3.8, 4) is 0 Å². The summed E-state index contributed by atoms with van der Waals surface area (Å²) in [5.74, 6) is -0.756. The lowest BCUT2D eigenvalue weighted by Gasteiger charge is -2.20. The van der Waals surface area contributed by atoms with E-state index in [0.29, 0.717) is 12.3 Å². The molecular formula is C22H23N5O2. The van der Waals surface area contributed by atoms with Crippen molar-refractivity contribution in [3.05, 3.63) is 66.4 Å². The smallest absolute Gasteiger partial charge is 0.267 e. The third kappa shape index (κ3) is 3.99. The molecule has 0 saturated carbocycles. The maximum Gasteiger partial charge on any atom is 0.267 e. The minimum absolute atomic E-state index is 0.207. The number of rotatable bonds is 7. The average Bonchev–Trinajstić information content (AvgIpc) is 3.37. The Morgan fingerprint density at radius 3 is 2.69 bits per heavy atom. The van der Waals surface area contributed by atoms with E-state index in [2.05, 4.69) is 21.5 Å². The molecule has 0 radical (unpaired) electrons. The van der Waals surface area contributed by atoms with Crippen molar-refractivity contribution in [3.63, 3.8) is 0 Å². The normalized spacial score (nSPS) is 16.1. The van der Waals surface area contributed by atoms with Gasteiger partial charge < -0.3 is 16.0 Å². The van der Waals surface area contributed by atoms with E-state index in [1.165, 1.54) is 16.0 Å². The molecule has 0 bridgehead atoms. The highest BCUT2D eigenvalue weighted by atomic mass is 16.2. The molecular weight excluding hydrogens is 366 g/mol. The lowest BCUT2D eigenvalue weighted by Crippen LogP contribution is -2.40. The Balaban J connectivity index is 1.35. The number of H-pyrrole nitrogens is 1. The Morgan fingerprint density at radius 2 is 1.90 bits per heavy atom. The monoisotopic (exact) mass is 389 g/mol. The Hall–Kier alpha value is -3.61. The van der Waals surface area contributed by atoms with Crippen molar-refractivity contribution in [1.82, 2.24) is 10.3 Å². The summed E-state index contributed by atoms with van der Waals surface area (Å²) in [6.07, 6.45) is 3.89. The molecule has 148 valence electrons. The highest BCUT2D eigenvalue weighted by molar-refractivity contribution is 6.40. The van der Waals surface area contributed by atoms with Crippen molar-refractivity contribution < 1.29 is 9.59 Å². The number of carbonyl (C=O) groups is 2. The van der Waals surface area contributed by atoms with Gasteiger partial charge in [0, 0.05) is 30.1 Å². The van der Waals surface area contributed by atoms with Gasteiger partial charge in [-0.3, -0.25) is 14.6 Å². The molecule has 29 heavy (non-hydrogen) atoms. The molecule has 1 aromatic heterocycles. The topological polar surface area (TPSA) is 104 Å². The summed E-state index contributed by atoms with van der Waals surface area (Å²) in [7, 11) is 0. The number of aromatic amines is 1. The van der Waals surface area contributed by atoms with E-state index in [0.717, 1.165) is 24.0 Å². The zero-order valence-electron chi connectivity index (χ0n) is 16.0. The lowest BCUT2D eigenvalue weighted by molar-refractivity contribution is -0.119. The second kappa shape index (κ2) is 8.18. The number of aryl methyl sites for hydroxylation is 1. The second-order valence-corrected chi connectivity index (χ2v) is 7.07. The van der Waals surface area contributed by atoms with Crippen LogP contribution in [0.4, 0.5) is 5.69 Å². The number of hydrogen-bond donors (Lipinski definition) is 3. The van der Waals surface area contributed by atoms with E-state index in [1.807, 2.05) is 54.7 Å². The minimum atomic E-state index is -0.649. The number of carbonyl (C=O) groups excluding carboxylic acids is 2.